The summed E-state index contributed by atoms with van der Waals surface area (Å²) in [5.74, 6) is 1.26. The van der Waals surface area contributed by atoms with E-state index >= 15 is 0 Å². The molecule has 0 amide bonds. The highest BCUT2D eigenvalue weighted by Gasteiger charge is 2.28. The van der Waals surface area contributed by atoms with Crippen LogP contribution in [0.15, 0.2) is 72.8 Å². The van der Waals surface area contributed by atoms with Crippen molar-refractivity contribution in [2.45, 2.75) is 115 Å². The Morgan fingerprint density at radius 1 is 0.739 bits per heavy atom. The van der Waals surface area contributed by atoms with E-state index in [0.29, 0.717) is 29.2 Å². The normalized spacial score (nSPS) is 22.1. The Hall–Kier alpha value is -3.18. The lowest BCUT2D eigenvalue weighted by Gasteiger charge is -2.32. The number of aliphatic hydroxyl groups is 1. The lowest BCUT2D eigenvalue weighted by Crippen LogP contribution is -2.25. The molecule has 5 heteroatoms. The van der Waals surface area contributed by atoms with Gasteiger partial charge in [-0.1, -0.05) is 81.5 Å². The van der Waals surface area contributed by atoms with Crippen LogP contribution in [0.5, 0.6) is 0 Å². The fourth-order valence-corrected chi connectivity index (χ4v) is 7.40. The van der Waals surface area contributed by atoms with Crippen LogP contribution in [0, 0.1) is 11.8 Å². The summed E-state index contributed by atoms with van der Waals surface area (Å²) >= 11 is 0. The van der Waals surface area contributed by atoms with Gasteiger partial charge in [0.1, 0.15) is 0 Å². The number of carbonyl (C=O) groups excluding carboxylic acids is 2. The molecular weight excluding hydrogens is 572 g/mol. The molecule has 2 fully saturated rings. The molecular formula is C41H56O5. The second-order valence-electron chi connectivity index (χ2n) is 14.0. The number of hydrogen-bond acceptors (Lipinski definition) is 5. The van der Waals surface area contributed by atoms with Crippen molar-refractivity contribution in [2.75, 3.05) is 19.8 Å². The molecule has 0 saturated heterocycles. The number of unbranched alkanes of at least 4 members (excludes halogenated alkanes) is 2. The number of ether oxygens (including phenoxy) is 2. The largest absolute Gasteiger partial charge is 0.462 e. The molecule has 1 N–H and O–H groups in total. The Morgan fingerprint density at radius 3 is 1.65 bits per heavy atom. The highest BCUT2D eigenvalue weighted by atomic mass is 16.5. The van der Waals surface area contributed by atoms with Gasteiger partial charge in [-0.2, -0.15) is 0 Å². The van der Waals surface area contributed by atoms with E-state index in [1.54, 1.807) is 6.92 Å². The predicted molar refractivity (Wildman–Crippen MR) is 186 cm³/mol. The van der Waals surface area contributed by atoms with Gasteiger partial charge in [0.15, 0.2) is 0 Å². The Balaban J connectivity index is 1.23. The van der Waals surface area contributed by atoms with Gasteiger partial charge in [0, 0.05) is 11.5 Å². The van der Waals surface area contributed by atoms with Gasteiger partial charge >= 0.3 is 11.9 Å². The minimum atomic E-state index is -0.610. The first-order valence-corrected chi connectivity index (χ1v) is 17.7. The van der Waals surface area contributed by atoms with Gasteiger partial charge in [0.25, 0.3) is 0 Å². The van der Waals surface area contributed by atoms with E-state index in [1.165, 1.54) is 73.6 Å². The first-order chi connectivity index (χ1) is 22.3. The standard InChI is InChI=1S/C41H56O5/c1-5-6-7-8-31-9-13-34(14-10-31)36-17-21-38(22-18-36)39-23-19-37(20-24-39)35-15-11-32(12-16-35)25-33(27-45-40(43)29(2)3)28-46-41(44)30(4)26-42/h9-10,13-14,19-20,23-24,32-33,35-36,38,42H,2,4-8,11-12,15-18,21-22,25-28H2,1,3H3. The fraction of sp³-hybridized carbons (Fsp3) is 0.561. The second-order valence-corrected chi connectivity index (χ2v) is 14.0. The Bertz CT molecular complexity index is 1260. The van der Waals surface area contributed by atoms with Gasteiger partial charge in [0.05, 0.1) is 25.4 Å². The van der Waals surface area contributed by atoms with Crippen LogP contribution in [0.25, 0.3) is 0 Å². The first-order valence-electron chi connectivity index (χ1n) is 17.7. The van der Waals surface area contributed by atoms with Crippen LogP contribution in [-0.4, -0.2) is 36.9 Å². The third kappa shape index (κ3) is 10.7. The van der Waals surface area contributed by atoms with Crippen LogP contribution in [0.2, 0.25) is 0 Å². The van der Waals surface area contributed by atoms with Crippen molar-refractivity contribution in [3.05, 3.63) is 95.1 Å². The monoisotopic (exact) mass is 628 g/mol. The summed E-state index contributed by atoms with van der Waals surface area (Å²) in [6, 6.07) is 19.0. The molecule has 0 bridgehead atoms. The predicted octanol–water partition coefficient (Wildman–Crippen LogP) is 9.35. The van der Waals surface area contributed by atoms with Crippen molar-refractivity contribution in [1.29, 1.82) is 0 Å². The molecule has 4 rings (SSSR count). The quantitative estimate of drug-likeness (QED) is 0.114. The molecule has 1 unspecified atom stereocenters. The molecule has 2 saturated carbocycles. The van der Waals surface area contributed by atoms with E-state index in [0.717, 1.165) is 32.1 Å². The van der Waals surface area contributed by atoms with Crippen molar-refractivity contribution in [1.82, 2.24) is 0 Å². The van der Waals surface area contributed by atoms with Gasteiger partial charge in [0.2, 0.25) is 0 Å². The molecule has 2 aliphatic carbocycles. The van der Waals surface area contributed by atoms with Crippen LogP contribution in [0.1, 0.15) is 131 Å². The average Bonchev–Trinajstić information content (AvgIpc) is 3.09. The van der Waals surface area contributed by atoms with Crippen LogP contribution in [-0.2, 0) is 25.5 Å². The number of aryl methyl sites for hydroxylation is 1. The van der Waals surface area contributed by atoms with Crippen LogP contribution >= 0.6 is 0 Å². The molecule has 1 atom stereocenters. The minimum absolute atomic E-state index is 0.0236. The molecule has 46 heavy (non-hydrogen) atoms. The highest BCUT2D eigenvalue weighted by molar-refractivity contribution is 5.88. The summed E-state index contributed by atoms with van der Waals surface area (Å²) in [7, 11) is 0. The maximum atomic E-state index is 12.1. The molecule has 0 aromatic heterocycles. The fourth-order valence-electron chi connectivity index (χ4n) is 7.40. The third-order valence-electron chi connectivity index (χ3n) is 10.4. The second kappa shape index (κ2) is 18.2. The zero-order valence-corrected chi connectivity index (χ0v) is 28.3. The summed E-state index contributed by atoms with van der Waals surface area (Å²) in [6.07, 6.45) is 15.4. The third-order valence-corrected chi connectivity index (χ3v) is 10.4. The van der Waals surface area contributed by atoms with Crippen LogP contribution in [0.4, 0.5) is 0 Å². The summed E-state index contributed by atoms with van der Waals surface area (Å²) in [5.41, 5.74) is 6.31. The van der Waals surface area contributed by atoms with Gasteiger partial charge in [-0.25, -0.2) is 9.59 Å². The average molecular weight is 629 g/mol. The molecule has 250 valence electrons. The van der Waals surface area contributed by atoms with E-state index in [1.807, 2.05) is 0 Å². The van der Waals surface area contributed by atoms with E-state index in [2.05, 4.69) is 68.6 Å². The van der Waals surface area contributed by atoms with Crippen molar-refractivity contribution in [3.63, 3.8) is 0 Å². The van der Waals surface area contributed by atoms with E-state index in [4.69, 9.17) is 14.6 Å². The van der Waals surface area contributed by atoms with Crippen molar-refractivity contribution in [2.24, 2.45) is 11.8 Å². The van der Waals surface area contributed by atoms with Crippen LogP contribution in [0.3, 0.4) is 0 Å². The number of hydrogen-bond donors (Lipinski definition) is 1. The molecule has 0 aliphatic heterocycles. The highest BCUT2D eigenvalue weighted by Crippen LogP contribution is 2.42. The molecule has 2 aromatic rings. The lowest BCUT2D eigenvalue weighted by molar-refractivity contribution is -0.144. The smallest absolute Gasteiger partial charge is 0.335 e. The Kier molecular flexibility index (Phi) is 14.1. The van der Waals surface area contributed by atoms with E-state index in [9.17, 15) is 9.59 Å². The summed E-state index contributed by atoms with van der Waals surface area (Å²) in [4.78, 5) is 24.1. The van der Waals surface area contributed by atoms with Crippen molar-refractivity contribution >= 4 is 11.9 Å². The van der Waals surface area contributed by atoms with E-state index in [-0.39, 0.29) is 24.7 Å². The van der Waals surface area contributed by atoms with E-state index < -0.39 is 18.5 Å². The van der Waals surface area contributed by atoms with Gasteiger partial charge in [-0.3, -0.25) is 0 Å². The van der Waals surface area contributed by atoms with Crippen molar-refractivity contribution < 1.29 is 24.2 Å². The lowest BCUT2D eigenvalue weighted by atomic mass is 9.74. The molecule has 2 aliphatic rings. The van der Waals surface area contributed by atoms with Gasteiger partial charge in [-0.05, 0) is 123 Å². The SMILES string of the molecule is C=C(C)C(=O)OCC(COC(=O)C(=C)CO)CC1CCC(c2ccc(C3CCC(c4ccc(CCCCC)cc4)CC3)cc2)CC1. The maximum absolute atomic E-state index is 12.1. The summed E-state index contributed by atoms with van der Waals surface area (Å²) in [5, 5.41) is 9.17. The number of esters is 2. The number of rotatable bonds is 16. The van der Waals surface area contributed by atoms with Crippen LogP contribution < -0.4 is 0 Å². The molecule has 5 nitrogen and oxygen atoms in total. The summed E-state index contributed by atoms with van der Waals surface area (Å²) in [6.45, 7) is 11.0. The van der Waals surface area contributed by atoms with Gasteiger partial charge in [-0.15, -0.1) is 0 Å². The molecule has 2 aromatic carbocycles. The maximum Gasteiger partial charge on any atom is 0.335 e. The Morgan fingerprint density at radius 2 is 1.20 bits per heavy atom. The van der Waals surface area contributed by atoms with Crippen molar-refractivity contribution in [3.8, 4) is 0 Å². The zero-order chi connectivity index (χ0) is 32.9. The molecule has 0 spiro atoms. The summed E-state index contributed by atoms with van der Waals surface area (Å²) < 4.78 is 10.8. The minimum Gasteiger partial charge on any atom is -0.462 e. The Labute approximate surface area is 277 Å². The molecule has 0 radical (unpaired) electrons. The first kappa shape index (κ1) is 35.7. The number of benzene rings is 2. The zero-order valence-electron chi connectivity index (χ0n) is 28.3. The number of aliphatic hydroxyl groups excluding tert-OH is 1. The molecule has 0 heterocycles. The van der Waals surface area contributed by atoms with Gasteiger partial charge < -0.3 is 14.6 Å². The topological polar surface area (TPSA) is 72.8 Å². The number of carbonyl (C=O) groups is 2.